The smallest absolute Gasteiger partial charge is 0.235 e. The third-order valence-corrected chi connectivity index (χ3v) is 4.62. The molecule has 0 bridgehead atoms. The van der Waals surface area contributed by atoms with Gasteiger partial charge in [0.05, 0.1) is 16.4 Å². The van der Waals surface area contributed by atoms with Crippen LogP contribution in [-0.4, -0.2) is 22.8 Å². The number of alkyl halides is 1. The molecule has 1 heterocycles. The molecule has 1 N–H and O–H groups in total. The highest BCUT2D eigenvalue weighted by molar-refractivity contribution is 9.09. The maximum Gasteiger partial charge on any atom is 0.235 e. The number of benzene rings is 3. The van der Waals surface area contributed by atoms with Gasteiger partial charge in [-0.1, -0.05) is 40.2 Å². The largest absolute Gasteiger partial charge is 0.453 e. The van der Waals surface area contributed by atoms with E-state index in [9.17, 15) is 4.79 Å². The van der Waals surface area contributed by atoms with Gasteiger partial charge in [-0.3, -0.25) is 9.79 Å². The molecule has 2 aromatic rings. The first-order valence-electron chi connectivity index (χ1n) is 8.32. The standard InChI is InChI=1S/C20H16BrN3O2/c1-2-22-12-7-8-15-17(9-12)26-18-10-16(23-19(25)11-21)13-5-3-4-6-14(13)20(18)24-15/h3-10H,2,11H2,1H3,(H,23,25). The average molecular weight is 410 g/mol. The molecule has 5 nitrogen and oxygen atoms in total. The number of fused-ring (bicyclic) bond motifs is 4. The van der Waals surface area contributed by atoms with Crippen molar-refractivity contribution < 1.29 is 9.21 Å². The van der Waals surface area contributed by atoms with Crippen LogP contribution in [0.2, 0.25) is 0 Å². The summed E-state index contributed by atoms with van der Waals surface area (Å²) in [5, 5.41) is 5.86. The van der Waals surface area contributed by atoms with E-state index >= 15 is 0 Å². The summed E-state index contributed by atoms with van der Waals surface area (Å²) in [5.74, 6) is 0.549. The van der Waals surface area contributed by atoms with E-state index in [2.05, 4.69) is 26.2 Å². The van der Waals surface area contributed by atoms with Crippen molar-refractivity contribution in [3.05, 3.63) is 53.9 Å². The number of hydrogen-bond donors (Lipinski definition) is 1. The number of halogens is 1. The Bertz CT molecular complexity index is 1170. The summed E-state index contributed by atoms with van der Waals surface area (Å²) < 4.78 is 6.11. The van der Waals surface area contributed by atoms with Gasteiger partial charge in [0.15, 0.2) is 11.3 Å². The molecule has 0 saturated carbocycles. The number of hydrogen-bond acceptors (Lipinski definition) is 4. The second-order valence-electron chi connectivity index (χ2n) is 5.84. The number of anilines is 1. The van der Waals surface area contributed by atoms with Crippen molar-refractivity contribution in [2.24, 2.45) is 4.99 Å². The fraction of sp³-hybridized carbons (Fsp3) is 0.150. The lowest BCUT2D eigenvalue weighted by Gasteiger charge is -2.12. The highest BCUT2D eigenvalue weighted by Crippen LogP contribution is 2.33. The van der Waals surface area contributed by atoms with Gasteiger partial charge in [-0.2, -0.15) is 0 Å². The maximum atomic E-state index is 11.9. The summed E-state index contributed by atoms with van der Waals surface area (Å²) in [6.45, 7) is 2.70. The van der Waals surface area contributed by atoms with E-state index in [1.165, 1.54) is 0 Å². The van der Waals surface area contributed by atoms with Crippen molar-refractivity contribution in [3.63, 3.8) is 0 Å². The summed E-state index contributed by atoms with van der Waals surface area (Å²) in [5.41, 5.74) is 2.87. The fourth-order valence-corrected chi connectivity index (χ4v) is 3.15. The number of nitrogens with zero attached hydrogens (tertiary/aromatic N) is 2. The van der Waals surface area contributed by atoms with Gasteiger partial charge in [0.2, 0.25) is 5.91 Å². The summed E-state index contributed by atoms with van der Waals surface area (Å²) in [4.78, 5) is 21.1. The Kier molecular flexibility index (Phi) is 4.42. The SMILES string of the molecule is CCN=c1ccc2nc3c(cc(NC(=O)CBr)c4ccccc43)oc-2c1. The van der Waals surface area contributed by atoms with Crippen LogP contribution in [0.4, 0.5) is 5.69 Å². The summed E-state index contributed by atoms with van der Waals surface area (Å²) in [6.07, 6.45) is 0. The Balaban J connectivity index is 2.04. The Morgan fingerprint density at radius 1 is 1.19 bits per heavy atom. The number of aromatic nitrogens is 1. The molecule has 0 fully saturated rings. The zero-order valence-corrected chi connectivity index (χ0v) is 15.7. The quantitative estimate of drug-likeness (QED) is 0.310. The molecule has 0 unspecified atom stereocenters. The van der Waals surface area contributed by atoms with E-state index < -0.39 is 0 Å². The monoisotopic (exact) mass is 409 g/mol. The molecule has 26 heavy (non-hydrogen) atoms. The molecule has 1 aliphatic carbocycles. The fourth-order valence-electron chi connectivity index (χ4n) is 3.01. The number of carbonyl (C=O) groups is 1. The van der Waals surface area contributed by atoms with Gasteiger partial charge in [-0.05, 0) is 19.1 Å². The minimum absolute atomic E-state index is 0.118. The number of amides is 1. The molecule has 0 aromatic heterocycles. The van der Waals surface area contributed by atoms with Crippen molar-refractivity contribution in [3.8, 4) is 11.5 Å². The Morgan fingerprint density at radius 2 is 2.00 bits per heavy atom. The van der Waals surface area contributed by atoms with Gasteiger partial charge in [0, 0.05) is 29.4 Å². The van der Waals surface area contributed by atoms with E-state index in [1.807, 2.05) is 55.5 Å². The highest BCUT2D eigenvalue weighted by Gasteiger charge is 2.14. The molecule has 6 heteroatoms. The average Bonchev–Trinajstić information content (AvgIpc) is 2.67. The first-order valence-corrected chi connectivity index (χ1v) is 9.44. The number of carbonyl (C=O) groups excluding carboxylic acids is 1. The number of rotatable bonds is 3. The van der Waals surface area contributed by atoms with E-state index in [4.69, 9.17) is 9.40 Å². The van der Waals surface area contributed by atoms with Crippen molar-refractivity contribution in [2.75, 3.05) is 17.2 Å². The van der Waals surface area contributed by atoms with Crippen LogP contribution in [-0.2, 0) is 4.79 Å². The Labute approximate surface area is 158 Å². The van der Waals surface area contributed by atoms with Crippen LogP contribution in [0.3, 0.4) is 0 Å². The van der Waals surface area contributed by atoms with Crippen LogP contribution in [0.15, 0.2) is 57.9 Å². The normalized spacial score (nSPS) is 12.2. The van der Waals surface area contributed by atoms with Crippen molar-refractivity contribution in [1.29, 1.82) is 0 Å². The molecule has 0 atom stereocenters. The minimum atomic E-state index is -0.118. The van der Waals surface area contributed by atoms with Crippen LogP contribution in [0.5, 0.6) is 0 Å². The molecule has 0 saturated heterocycles. The lowest BCUT2D eigenvalue weighted by Crippen LogP contribution is -2.12. The molecule has 0 spiro atoms. The van der Waals surface area contributed by atoms with Gasteiger partial charge in [-0.25, -0.2) is 4.98 Å². The molecule has 2 aromatic carbocycles. The zero-order valence-electron chi connectivity index (χ0n) is 14.1. The predicted octanol–water partition coefficient (Wildman–Crippen LogP) is 4.34. The first-order chi connectivity index (χ1) is 12.7. The third-order valence-electron chi connectivity index (χ3n) is 4.11. The molecule has 1 amide bonds. The highest BCUT2D eigenvalue weighted by atomic mass is 79.9. The Morgan fingerprint density at radius 3 is 2.77 bits per heavy atom. The summed E-state index contributed by atoms with van der Waals surface area (Å²) >= 11 is 3.18. The van der Waals surface area contributed by atoms with Crippen LogP contribution >= 0.6 is 15.9 Å². The van der Waals surface area contributed by atoms with E-state index in [1.54, 1.807) is 0 Å². The zero-order chi connectivity index (χ0) is 18.1. The summed E-state index contributed by atoms with van der Waals surface area (Å²) in [7, 11) is 0. The molecule has 130 valence electrons. The molecule has 2 aliphatic rings. The van der Waals surface area contributed by atoms with Crippen molar-refractivity contribution >= 4 is 49.4 Å². The Hall–Kier alpha value is -2.73. The van der Waals surface area contributed by atoms with Gasteiger partial charge in [-0.15, -0.1) is 0 Å². The third kappa shape index (κ3) is 2.97. The topological polar surface area (TPSA) is 67.5 Å². The number of nitrogens with one attached hydrogen (secondary N) is 1. The molecule has 1 aliphatic heterocycles. The second-order valence-corrected chi connectivity index (χ2v) is 6.40. The van der Waals surface area contributed by atoms with E-state index in [0.29, 0.717) is 23.6 Å². The van der Waals surface area contributed by atoms with Crippen LogP contribution in [0, 0.1) is 0 Å². The maximum absolute atomic E-state index is 11.9. The van der Waals surface area contributed by atoms with Gasteiger partial charge >= 0.3 is 0 Å². The van der Waals surface area contributed by atoms with Gasteiger partial charge in [0.1, 0.15) is 11.2 Å². The molecule has 0 radical (unpaired) electrons. The predicted molar refractivity (Wildman–Crippen MR) is 107 cm³/mol. The minimum Gasteiger partial charge on any atom is -0.453 e. The van der Waals surface area contributed by atoms with Crippen LogP contribution in [0.25, 0.3) is 33.3 Å². The second kappa shape index (κ2) is 6.88. The first kappa shape index (κ1) is 16.7. The molecular weight excluding hydrogens is 394 g/mol. The van der Waals surface area contributed by atoms with Crippen molar-refractivity contribution in [2.45, 2.75) is 6.92 Å². The van der Waals surface area contributed by atoms with Crippen LogP contribution in [0.1, 0.15) is 6.92 Å². The van der Waals surface area contributed by atoms with Gasteiger partial charge in [0.25, 0.3) is 0 Å². The van der Waals surface area contributed by atoms with Crippen LogP contribution < -0.4 is 10.7 Å². The van der Waals surface area contributed by atoms with E-state index in [-0.39, 0.29) is 11.2 Å². The molecule has 4 rings (SSSR count). The molecular formula is C20H16BrN3O2. The lowest BCUT2D eigenvalue weighted by atomic mass is 10.1. The summed E-state index contributed by atoms with van der Waals surface area (Å²) in [6, 6.07) is 15.4. The lowest BCUT2D eigenvalue weighted by molar-refractivity contribution is -0.113. The van der Waals surface area contributed by atoms with E-state index in [0.717, 1.165) is 27.3 Å². The van der Waals surface area contributed by atoms with Crippen molar-refractivity contribution in [1.82, 2.24) is 4.98 Å². The van der Waals surface area contributed by atoms with Gasteiger partial charge < -0.3 is 9.73 Å².